The number of nitrogens with one attached hydrogen (secondary N) is 2. The SMILES string of the molecule is COCCn1c(C#N)cc2cnc(Nc3cn[nH]c3OC3C(C)(C)C(O)C3(C)C)nc21. The van der Waals surface area contributed by atoms with Crippen LogP contribution in [0.25, 0.3) is 11.0 Å². The molecule has 0 aliphatic heterocycles. The molecule has 0 amide bonds. The van der Waals surface area contributed by atoms with Gasteiger partial charge in [-0.25, -0.2) is 10.1 Å². The number of aliphatic hydroxyl groups is 1. The highest BCUT2D eigenvalue weighted by Gasteiger charge is 2.63. The lowest BCUT2D eigenvalue weighted by Crippen LogP contribution is -2.69. The van der Waals surface area contributed by atoms with Gasteiger partial charge in [0, 0.05) is 36.1 Å². The van der Waals surface area contributed by atoms with Crippen LogP contribution >= 0.6 is 0 Å². The summed E-state index contributed by atoms with van der Waals surface area (Å²) >= 11 is 0. The van der Waals surface area contributed by atoms with Gasteiger partial charge in [-0.3, -0.25) is 0 Å². The Morgan fingerprint density at radius 2 is 2.03 bits per heavy atom. The van der Waals surface area contributed by atoms with Crippen LogP contribution in [0.2, 0.25) is 0 Å². The van der Waals surface area contributed by atoms with E-state index in [1.54, 1.807) is 30.1 Å². The predicted molar refractivity (Wildman–Crippen MR) is 114 cm³/mol. The number of H-pyrrole nitrogens is 1. The van der Waals surface area contributed by atoms with Gasteiger partial charge in [0.25, 0.3) is 0 Å². The molecule has 1 aliphatic carbocycles. The van der Waals surface area contributed by atoms with Crippen molar-refractivity contribution in [3.8, 4) is 11.9 Å². The van der Waals surface area contributed by atoms with Crippen LogP contribution in [0.3, 0.4) is 0 Å². The zero-order valence-electron chi connectivity index (χ0n) is 18.3. The third kappa shape index (κ3) is 3.40. The molecule has 3 N–H and O–H groups in total. The second kappa shape index (κ2) is 7.51. The first-order chi connectivity index (χ1) is 14.7. The lowest BCUT2D eigenvalue weighted by molar-refractivity contribution is -0.237. The maximum Gasteiger partial charge on any atom is 0.234 e. The standard InChI is InChI=1S/C21H27N7O3/c1-20(2)17(29)21(3,4)18(20)31-16-14(11-24-27-16)25-19-23-10-12-8-13(9-22)28(6-7-30-5)15(12)26-19/h8,10-11,17-18,29H,6-7H2,1-5H3,(H,24,27)(H,23,25,26). The van der Waals surface area contributed by atoms with Gasteiger partial charge in [0.2, 0.25) is 11.8 Å². The quantitative estimate of drug-likeness (QED) is 0.526. The van der Waals surface area contributed by atoms with Gasteiger partial charge in [-0.2, -0.15) is 15.3 Å². The van der Waals surface area contributed by atoms with Crippen molar-refractivity contribution < 1.29 is 14.6 Å². The molecule has 0 aromatic carbocycles. The van der Waals surface area contributed by atoms with Crippen LogP contribution < -0.4 is 10.1 Å². The van der Waals surface area contributed by atoms with E-state index in [0.717, 1.165) is 5.39 Å². The van der Waals surface area contributed by atoms with Gasteiger partial charge in [-0.15, -0.1) is 0 Å². The Labute approximate surface area is 180 Å². The van der Waals surface area contributed by atoms with E-state index in [9.17, 15) is 10.4 Å². The molecule has 0 saturated heterocycles. The van der Waals surface area contributed by atoms with Crippen molar-refractivity contribution in [3.63, 3.8) is 0 Å². The summed E-state index contributed by atoms with van der Waals surface area (Å²) < 4.78 is 13.2. The zero-order chi connectivity index (χ0) is 22.4. The van der Waals surface area contributed by atoms with E-state index in [0.29, 0.717) is 42.0 Å². The molecule has 1 aliphatic rings. The monoisotopic (exact) mass is 425 g/mol. The third-order valence-corrected chi connectivity index (χ3v) is 6.12. The third-order valence-electron chi connectivity index (χ3n) is 6.12. The van der Waals surface area contributed by atoms with Crippen molar-refractivity contribution in [2.24, 2.45) is 10.8 Å². The van der Waals surface area contributed by atoms with E-state index in [1.165, 1.54) is 0 Å². The zero-order valence-corrected chi connectivity index (χ0v) is 18.3. The number of ether oxygens (including phenoxy) is 2. The average molecular weight is 425 g/mol. The fourth-order valence-corrected chi connectivity index (χ4v) is 4.70. The van der Waals surface area contributed by atoms with Crippen molar-refractivity contribution in [2.75, 3.05) is 19.0 Å². The van der Waals surface area contributed by atoms with Crippen LogP contribution in [0, 0.1) is 22.2 Å². The maximum atomic E-state index is 10.4. The molecule has 0 unspecified atom stereocenters. The Hall–Kier alpha value is -3.16. The molecule has 10 nitrogen and oxygen atoms in total. The van der Waals surface area contributed by atoms with E-state index < -0.39 is 16.9 Å². The molecule has 3 aromatic rings. The smallest absolute Gasteiger partial charge is 0.234 e. The summed E-state index contributed by atoms with van der Waals surface area (Å²) in [6.45, 7) is 8.89. The first kappa shape index (κ1) is 21.1. The van der Waals surface area contributed by atoms with Gasteiger partial charge < -0.3 is 24.5 Å². The van der Waals surface area contributed by atoms with Crippen molar-refractivity contribution in [3.05, 3.63) is 24.2 Å². The van der Waals surface area contributed by atoms with E-state index >= 15 is 0 Å². The van der Waals surface area contributed by atoms with Gasteiger partial charge >= 0.3 is 0 Å². The van der Waals surface area contributed by atoms with E-state index in [2.05, 4.69) is 31.6 Å². The Kier molecular flexibility index (Phi) is 5.11. The number of methoxy groups -OCH3 is 1. The number of fused-ring (bicyclic) bond motifs is 1. The van der Waals surface area contributed by atoms with E-state index in [4.69, 9.17) is 9.47 Å². The summed E-state index contributed by atoms with van der Waals surface area (Å²) in [6, 6.07) is 3.94. The van der Waals surface area contributed by atoms with E-state index in [-0.39, 0.29) is 6.10 Å². The minimum Gasteiger partial charge on any atom is -0.472 e. The fraction of sp³-hybridized carbons (Fsp3) is 0.524. The van der Waals surface area contributed by atoms with Crippen LogP contribution in [0.5, 0.6) is 5.88 Å². The Bertz CT molecular complexity index is 1130. The van der Waals surface area contributed by atoms with Crippen molar-refractivity contribution in [2.45, 2.75) is 46.4 Å². The minimum absolute atomic E-state index is 0.205. The molecule has 4 rings (SSSR count). The molecule has 3 aromatic heterocycles. The highest BCUT2D eigenvalue weighted by Crippen LogP contribution is 2.55. The summed E-state index contributed by atoms with van der Waals surface area (Å²) in [4.78, 5) is 8.95. The predicted octanol–water partition coefficient (Wildman–Crippen LogP) is 2.59. The van der Waals surface area contributed by atoms with Crippen LogP contribution in [0.4, 0.5) is 11.6 Å². The number of aromatic nitrogens is 5. The van der Waals surface area contributed by atoms with Gasteiger partial charge in [0.1, 0.15) is 29.2 Å². The summed E-state index contributed by atoms with van der Waals surface area (Å²) in [6.07, 6.45) is 2.60. The molecule has 0 radical (unpaired) electrons. The Morgan fingerprint density at radius 1 is 1.29 bits per heavy atom. The molecular formula is C21H27N7O3. The highest BCUT2D eigenvalue weighted by molar-refractivity contribution is 5.79. The number of aliphatic hydroxyl groups excluding tert-OH is 1. The van der Waals surface area contributed by atoms with Crippen LogP contribution in [-0.2, 0) is 11.3 Å². The molecule has 1 fully saturated rings. The number of nitrogens with zero attached hydrogens (tertiary/aromatic N) is 5. The summed E-state index contributed by atoms with van der Waals surface area (Å²) in [5, 5.41) is 30.7. The first-order valence-corrected chi connectivity index (χ1v) is 10.1. The number of anilines is 2. The average Bonchev–Trinajstić information content (AvgIpc) is 3.33. The highest BCUT2D eigenvalue weighted by atomic mass is 16.5. The summed E-state index contributed by atoms with van der Waals surface area (Å²) in [5.41, 5.74) is 0.942. The van der Waals surface area contributed by atoms with Crippen LogP contribution in [0.1, 0.15) is 33.4 Å². The number of hydrogen-bond acceptors (Lipinski definition) is 8. The molecule has 31 heavy (non-hydrogen) atoms. The minimum atomic E-state index is -0.468. The largest absolute Gasteiger partial charge is 0.472 e. The number of nitriles is 1. The lowest BCUT2D eigenvalue weighted by Gasteiger charge is -2.60. The van der Waals surface area contributed by atoms with Gasteiger partial charge in [-0.05, 0) is 6.07 Å². The first-order valence-electron chi connectivity index (χ1n) is 10.1. The molecule has 1 saturated carbocycles. The molecule has 0 atom stereocenters. The normalized spacial score (nSPS) is 21.5. The van der Waals surface area contributed by atoms with E-state index in [1.807, 2.05) is 27.7 Å². The van der Waals surface area contributed by atoms with Crippen LogP contribution in [-0.4, -0.2) is 55.8 Å². The van der Waals surface area contributed by atoms with Gasteiger partial charge in [0.05, 0.1) is 18.9 Å². The maximum absolute atomic E-state index is 10.4. The van der Waals surface area contributed by atoms with Gasteiger partial charge in [-0.1, -0.05) is 27.7 Å². The van der Waals surface area contributed by atoms with Crippen molar-refractivity contribution in [1.29, 1.82) is 5.26 Å². The van der Waals surface area contributed by atoms with Crippen molar-refractivity contribution >= 4 is 22.7 Å². The Morgan fingerprint density at radius 3 is 2.71 bits per heavy atom. The molecule has 10 heteroatoms. The van der Waals surface area contributed by atoms with Crippen LogP contribution in [0.15, 0.2) is 18.5 Å². The molecule has 164 valence electrons. The Balaban J connectivity index is 1.60. The number of rotatable bonds is 7. The van der Waals surface area contributed by atoms with Gasteiger partial charge in [0.15, 0.2) is 0 Å². The second-order valence-electron chi connectivity index (χ2n) is 9.04. The van der Waals surface area contributed by atoms with Crippen molar-refractivity contribution in [1.82, 2.24) is 24.7 Å². The number of hydrogen-bond donors (Lipinski definition) is 3. The topological polar surface area (TPSA) is 134 Å². The number of aromatic amines is 1. The fourth-order valence-electron chi connectivity index (χ4n) is 4.70. The summed E-state index contributed by atoms with van der Waals surface area (Å²) in [5.74, 6) is 0.807. The molecule has 3 heterocycles. The molecule has 0 bridgehead atoms. The molecule has 0 spiro atoms. The second-order valence-corrected chi connectivity index (χ2v) is 9.04. The summed E-state index contributed by atoms with van der Waals surface area (Å²) in [7, 11) is 1.61. The molecular weight excluding hydrogens is 398 g/mol. The lowest BCUT2D eigenvalue weighted by atomic mass is 9.51.